The molecule has 7 heteroatoms. The Morgan fingerprint density at radius 3 is 2.54 bits per heavy atom. The number of benzene rings is 2. The molecule has 144 valence electrons. The minimum atomic E-state index is -0.459. The van der Waals surface area contributed by atoms with Crippen LogP contribution in [-0.4, -0.2) is 38.0 Å². The molecule has 0 bridgehead atoms. The van der Waals surface area contributed by atoms with Crippen LogP contribution in [0.5, 0.6) is 11.5 Å². The van der Waals surface area contributed by atoms with Gasteiger partial charge in [0, 0.05) is 17.7 Å². The zero-order valence-corrected chi connectivity index (χ0v) is 15.6. The SMILES string of the molecule is CCNC(=O)COc1ccc(/C=C2/C(=O)NC(=O)c3ccccc32)cc1OC. The lowest BCUT2D eigenvalue weighted by Gasteiger charge is -2.18. The van der Waals surface area contributed by atoms with E-state index in [0.29, 0.717) is 40.3 Å². The van der Waals surface area contributed by atoms with Crippen LogP contribution in [0.1, 0.15) is 28.4 Å². The zero-order chi connectivity index (χ0) is 20.1. The third kappa shape index (κ3) is 4.03. The number of imide groups is 1. The molecule has 0 aliphatic carbocycles. The van der Waals surface area contributed by atoms with Crippen molar-refractivity contribution in [1.82, 2.24) is 10.6 Å². The quantitative estimate of drug-likeness (QED) is 0.591. The minimum absolute atomic E-state index is 0.122. The summed E-state index contributed by atoms with van der Waals surface area (Å²) in [5.41, 5.74) is 2.10. The van der Waals surface area contributed by atoms with E-state index in [2.05, 4.69) is 10.6 Å². The molecule has 2 aromatic rings. The fourth-order valence-corrected chi connectivity index (χ4v) is 2.87. The van der Waals surface area contributed by atoms with Crippen LogP contribution in [0, 0.1) is 0 Å². The number of ether oxygens (including phenoxy) is 2. The van der Waals surface area contributed by atoms with Gasteiger partial charge in [-0.15, -0.1) is 0 Å². The maximum Gasteiger partial charge on any atom is 0.258 e. The molecule has 1 aliphatic rings. The average molecular weight is 380 g/mol. The number of hydrogen-bond acceptors (Lipinski definition) is 5. The van der Waals surface area contributed by atoms with E-state index in [0.717, 1.165) is 0 Å². The van der Waals surface area contributed by atoms with Gasteiger partial charge in [-0.3, -0.25) is 19.7 Å². The van der Waals surface area contributed by atoms with Crippen LogP contribution < -0.4 is 20.1 Å². The zero-order valence-electron chi connectivity index (χ0n) is 15.6. The van der Waals surface area contributed by atoms with E-state index < -0.39 is 11.8 Å². The number of nitrogens with one attached hydrogen (secondary N) is 2. The Morgan fingerprint density at radius 1 is 1.07 bits per heavy atom. The fourth-order valence-electron chi connectivity index (χ4n) is 2.87. The standard InChI is InChI=1S/C21H20N2O5/c1-3-22-19(24)12-28-17-9-8-13(11-18(17)27-2)10-16-14-6-4-5-7-15(14)20(25)23-21(16)26/h4-11H,3,12H2,1-2H3,(H,22,24)(H,23,25,26)/b16-10+. The molecular weight excluding hydrogens is 360 g/mol. The van der Waals surface area contributed by atoms with Crippen molar-refractivity contribution in [3.05, 3.63) is 59.2 Å². The number of methoxy groups -OCH3 is 1. The fraction of sp³-hybridized carbons (Fsp3) is 0.190. The van der Waals surface area contributed by atoms with Crippen molar-refractivity contribution in [2.75, 3.05) is 20.3 Å². The van der Waals surface area contributed by atoms with E-state index in [4.69, 9.17) is 9.47 Å². The van der Waals surface area contributed by atoms with Gasteiger partial charge in [0.1, 0.15) is 0 Å². The second-order valence-corrected chi connectivity index (χ2v) is 6.04. The molecule has 1 heterocycles. The molecule has 3 amide bonds. The highest BCUT2D eigenvalue weighted by Crippen LogP contribution is 2.31. The van der Waals surface area contributed by atoms with E-state index in [9.17, 15) is 14.4 Å². The summed E-state index contributed by atoms with van der Waals surface area (Å²) >= 11 is 0. The number of hydrogen-bond donors (Lipinski definition) is 2. The van der Waals surface area contributed by atoms with E-state index in [-0.39, 0.29) is 12.5 Å². The summed E-state index contributed by atoms with van der Waals surface area (Å²) in [7, 11) is 1.49. The van der Waals surface area contributed by atoms with E-state index in [1.807, 2.05) is 6.92 Å². The third-order valence-corrected chi connectivity index (χ3v) is 4.16. The van der Waals surface area contributed by atoms with Gasteiger partial charge >= 0.3 is 0 Å². The lowest BCUT2D eigenvalue weighted by Crippen LogP contribution is -2.36. The van der Waals surface area contributed by atoms with Crippen LogP contribution in [-0.2, 0) is 9.59 Å². The van der Waals surface area contributed by atoms with Gasteiger partial charge in [0.25, 0.3) is 17.7 Å². The van der Waals surface area contributed by atoms with Crippen molar-refractivity contribution in [3.8, 4) is 11.5 Å². The van der Waals surface area contributed by atoms with E-state index >= 15 is 0 Å². The molecular formula is C21H20N2O5. The number of carbonyl (C=O) groups excluding carboxylic acids is 3. The molecule has 2 aromatic carbocycles. The average Bonchev–Trinajstić information content (AvgIpc) is 2.70. The van der Waals surface area contributed by atoms with Gasteiger partial charge in [-0.1, -0.05) is 24.3 Å². The van der Waals surface area contributed by atoms with Crippen LogP contribution in [0.4, 0.5) is 0 Å². The summed E-state index contributed by atoms with van der Waals surface area (Å²) in [5.74, 6) is -0.252. The number of fused-ring (bicyclic) bond motifs is 1. The Kier molecular flexibility index (Phi) is 5.74. The first-order valence-corrected chi connectivity index (χ1v) is 8.77. The van der Waals surface area contributed by atoms with Crippen molar-refractivity contribution < 1.29 is 23.9 Å². The predicted octanol–water partition coefficient (Wildman–Crippen LogP) is 2.02. The number of carbonyl (C=O) groups is 3. The number of amides is 3. The second-order valence-electron chi connectivity index (χ2n) is 6.04. The van der Waals surface area contributed by atoms with E-state index in [1.165, 1.54) is 7.11 Å². The second kappa shape index (κ2) is 8.39. The largest absolute Gasteiger partial charge is 0.493 e. The van der Waals surface area contributed by atoms with Gasteiger partial charge in [-0.05, 0) is 42.3 Å². The molecule has 0 saturated heterocycles. The molecule has 0 saturated carbocycles. The number of rotatable bonds is 6. The Bertz CT molecular complexity index is 965. The Hall–Kier alpha value is -3.61. The van der Waals surface area contributed by atoms with E-state index in [1.54, 1.807) is 48.5 Å². The van der Waals surface area contributed by atoms with Crippen molar-refractivity contribution in [2.24, 2.45) is 0 Å². The smallest absolute Gasteiger partial charge is 0.258 e. The predicted molar refractivity (Wildman–Crippen MR) is 104 cm³/mol. The molecule has 2 N–H and O–H groups in total. The Labute approximate surface area is 162 Å². The van der Waals surface area contributed by atoms with Crippen LogP contribution in [0.25, 0.3) is 11.6 Å². The molecule has 7 nitrogen and oxygen atoms in total. The first kappa shape index (κ1) is 19.2. The molecule has 3 rings (SSSR count). The van der Waals surface area contributed by atoms with Gasteiger partial charge < -0.3 is 14.8 Å². The monoisotopic (exact) mass is 380 g/mol. The molecule has 0 aromatic heterocycles. The maximum absolute atomic E-state index is 12.3. The van der Waals surface area contributed by atoms with Crippen LogP contribution in [0.2, 0.25) is 0 Å². The molecule has 0 radical (unpaired) electrons. The molecule has 1 aliphatic heterocycles. The van der Waals surface area contributed by atoms with Gasteiger partial charge in [0.15, 0.2) is 18.1 Å². The molecule has 28 heavy (non-hydrogen) atoms. The first-order chi connectivity index (χ1) is 13.5. The highest BCUT2D eigenvalue weighted by Gasteiger charge is 2.26. The van der Waals surface area contributed by atoms with Crippen molar-refractivity contribution in [1.29, 1.82) is 0 Å². The topological polar surface area (TPSA) is 93.7 Å². The summed E-state index contributed by atoms with van der Waals surface area (Å²) in [6.45, 7) is 2.23. The summed E-state index contributed by atoms with van der Waals surface area (Å²) < 4.78 is 10.8. The minimum Gasteiger partial charge on any atom is -0.493 e. The normalized spacial score (nSPS) is 14.3. The molecule has 0 spiro atoms. The summed E-state index contributed by atoms with van der Waals surface area (Å²) in [4.78, 5) is 35.9. The molecule has 0 atom stereocenters. The van der Waals surface area contributed by atoms with Crippen molar-refractivity contribution in [3.63, 3.8) is 0 Å². The highest BCUT2D eigenvalue weighted by molar-refractivity contribution is 6.33. The van der Waals surface area contributed by atoms with Crippen molar-refractivity contribution in [2.45, 2.75) is 6.92 Å². The summed E-state index contributed by atoms with van der Waals surface area (Å²) in [6.07, 6.45) is 1.68. The summed E-state index contributed by atoms with van der Waals surface area (Å²) in [5, 5.41) is 4.99. The highest BCUT2D eigenvalue weighted by atomic mass is 16.5. The van der Waals surface area contributed by atoms with Gasteiger partial charge in [-0.25, -0.2) is 0 Å². The molecule has 0 fully saturated rings. The van der Waals surface area contributed by atoms with Crippen LogP contribution in [0.3, 0.4) is 0 Å². The first-order valence-electron chi connectivity index (χ1n) is 8.77. The summed E-state index contributed by atoms with van der Waals surface area (Å²) in [6, 6.07) is 12.0. The van der Waals surface area contributed by atoms with Gasteiger partial charge in [0.2, 0.25) is 0 Å². The molecule has 0 unspecified atom stereocenters. The third-order valence-electron chi connectivity index (χ3n) is 4.16. The van der Waals surface area contributed by atoms with Gasteiger partial charge in [0.05, 0.1) is 7.11 Å². The lowest BCUT2D eigenvalue weighted by molar-refractivity contribution is -0.123. The maximum atomic E-state index is 12.3. The number of likely N-dealkylation sites (N-methyl/N-ethyl adjacent to an activating group) is 1. The Balaban J connectivity index is 1.90. The van der Waals surface area contributed by atoms with Crippen LogP contribution in [0.15, 0.2) is 42.5 Å². The van der Waals surface area contributed by atoms with Crippen LogP contribution >= 0.6 is 0 Å². The Morgan fingerprint density at radius 2 is 1.82 bits per heavy atom. The van der Waals surface area contributed by atoms with Crippen molar-refractivity contribution >= 4 is 29.4 Å². The lowest BCUT2D eigenvalue weighted by atomic mass is 9.93. The van der Waals surface area contributed by atoms with Gasteiger partial charge in [-0.2, -0.15) is 0 Å².